The smallest absolute Gasteiger partial charge is 0.352 e. The molecule has 2 N–H and O–H groups in total. The Bertz CT molecular complexity index is 709. The molecule has 0 saturated carbocycles. The summed E-state index contributed by atoms with van der Waals surface area (Å²) in [5, 5.41) is 23.2. The van der Waals surface area contributed by atoms with E-state index in [1.54, 1.807) is 6.08 Å². The minimum atomic E-state index is -1.07. The van der Waals surface area contributed by atoms with Crippen molar-refractivity contribution in [3.8, 4) is 5.75 Å². The minimum Gasteiger partial charge on any atom is -0.494 e. The summed E-state index contributed by atoms with van der Waals surface area (Å²) >= 11 is 0. The van der Waals surface area contributed by atoms with Gasteiger partial charge in [-0.2, -0.15) is 4.68 Å². The van der Waals surface area contributed by atoms with Gasteiger partial charge in [0, 0.05) is 5.56 Å². The van der Waals surface area contributed by atoms with Gasteiger partial charge in [0.25, 0.3) is 0 Å². The molecule has 0 aliphatic carbocycles. The number of carboxylic acids is 1. The van der Waals surface area contributed by atoms with E-state index in [4.69, 9.17) is 4.74 Å². The monoisotopic (exact) mass is 287 g/mol. The molecule has 3 rings (SSSR count). The van der Waals surface area contributed by atoms with Crippen molar-refractivity contribution in [1.82, 2.24) is 20.2 Å². The zero-order valence-corrected chi connectivity index (χ0v) is 11.2. The number of aromatic nitrogens is 4. The van der Waals surface area contributed by atoms with Crippen molar-refractivity contribution in [2.75, 3.05) is 11.9 Å². The van der Waals surface area contributed by atoms with Gasteiger partial charge in [0.05, 0.1) is 6.61 Å². The highest BCUT2D eigenvalue weighted by Crippen LogP contribution is 2.33. The molecule has 0 spiro atoms. The maximum Gasteiger partial charge on any atom is 0.352 e. The number of carboxylic acid groups (broad SMARTS) is 1. The quantitative estimate of drug-likeness (QED) is 0.866. The molecule has 0 bridgehead atoms. The highest BCUT2D eigenvalue weighted by molar-refractivity contribution is 5.90. The van der Waals surface area contributed by atoms with Crippen LogP contribution in [0.2, 0.25) is 0 Å². The maximum atomic E-state index is 11.2. The molecule has 0 fully saturated rings. The van der Waals surface area contributed by atoms with Crippen molar-refractivity contribution in [3.63, 3.8) is 0 Å². The number of carbonyl (C=O) groups is 1. The molecular formula is C13H13N5O3. The predicted molar refractivity (Wildman–Crippen MR) is 72.9 cm³/mol. The number of anilines is 1. The van der Waals surface area contributed by atoms with E-state index in [0.29, 0.717) is 12.4 Å². The molecule has 1 aromatic heterocycles. The van der Waals surface area contributed by atoms with Gasteiger partial charge >= 0.3 is 5.97 Å². The van der Waals surface area contributed by atoms with E-state index < -0.39 is 12.0 Å². The second-order valence-corrected chi connectivity index (χ2v) is 4.37. The van der Waals surface area contributed by atoms with E-state index in [0.717, 1.165) is 5.56 Å². The number of nitrogens with one attached hydrogen (secondary N) is 1. The first-order valence-electron chi connectivity index (χ1n) is 6.42. The third-order valence-electron chi connectivity index (χ3n) is 3.10. The number of hydrogen-bond acceptors (Lipinski definition) is 6. The molecule has 2 aromatic rings. The SMILES string of the molecule is CCOc1ccccc1C1C=C(C(=O)O)Nc2nnnn21. The summed E-state index contributed by atoms with van der Waals surface area (Å²) in [5.41, 5.74) is 0.835. The summed E-state index contributed by atoms with van der Waals surface area (Å²) in [6.45, 7) is 2.40. The molecule has 21 heavy (non-hydrogen) atoms. The van der Waals surface area contributed by atoms with E-state index in [1.165, 1.54) is 4.68 Å². The van der Waals surface area contributed by atoms with Crippen molar-refractivity contribution >= 4 is 11.9 Å². The van der Waals surface area contributed by atoms with E-state index in [1.807, 2.05) is 31.2 Å². The lowest BCUT2D eigenvalue weighted by molar-refractivity contribution is -0.132. The second-order valence-electron chi connectivity index (χ2n) is 4.37. The first-order chi connectivity index (χ1) is 10.2. The van der Waals surface area contributed by atoms with Gasteiger partial charge in [-0.1, -0.05) is 23.3 Å². The molecule has 2 heterocycles. The summed E-state index contributed by atoms with van der Waals surface area (Å²) < 4.78 is 7.12. The molecule has 1 unspecified atom stereocenters. The molecule has 1 aliphatic heterocycles. The maximum absolute atomic E-state index is 11.2. The summed E-state index contributed by atoms with van der Waals surface area (Å²) in [6, 6.07) is 6.97. The van der Waals surface area contributed by atoms with E-state index in [2.05, 4.69) is 20.8 Å². The highest BCUT2D eigenvalue weighted by Gasteiger charge is 2.28. The Balaban J connectivity index is 2.11. The van der Waals surface area contributed by atoms with Crippen molar-refractivity contribution in [3.05, 3.63) is 41.6 Å². The van der Waals surface area contributed by atoms with Crippen LogP contribution < -0.4 is 10.1 Å². The fourth-order valence-corrected chi connectivity index (χ4v) is 2.21. The van der Waals surface area contributed by atoms with E-state index in [-0.39, 0.29) is 11.6 Å². The molecule has 108 valence electrons. The standard InChI is InChI=1S/C13H13N5O3/c1-2-21-11-6-4-3-5-8(11)10-7-9(12(19)20)14-13-15-16-17-18(10)13/h3-7,10H,2H2,1H3,(H,19,20)(H,14,15,17). The molecule has 1 atom stereocenters. The minimum absolute atomic E-state index is 0.0357. The lowest BCUT2D eigenvalue weighted by Crippen LogP contribution is -2.24. The Morgan fingerprint density at radius 1 is 1.48 bits per heavy atom. The number of hydrogen-bond donors (Lipinski definition) is 2. The van der Waals surface area contributed by atoms with Crippen LogP contribution in [-0.2, 0) is 4.79 Å². The number of ether oxygens (including phenoxy) is 1. The van der Waals surface area contributed by atoms with Gasteiger partial charge in [0.2, 0.25) is 5.95 Å². The van der Waals surface area contributed by atoms with Gasteiger partial charge in [-0.05, 0) is 29.5 Å². The lowest BCUT2D eigenvalue weighted by Gasteiger charge is -2.23. The zero-order chi connectivity index (χ0) is 14.8. The number of benzene rings is 1. The van der Waals surface area contributed by atoms with Crippen LogP contribution in [0.3, 0.4) is 0 Å². The average molecular weight is 287 g/mol. The first kappa shape index (κ1) is 13.1. The Kier molecular flexibility index (Phi) is 3.27. The van der Waals surface area contributed by atoms with Gasteiger partial charge in [-0.3, -0.25) is 0 Å². The third kappa shape index (κ3) is 2.31. The fourth-order valence-electron chi connectivity index (χ4n) is 2.21. The number of tetrazole rings is 1. The van der Waals surface area contributed by atoms with Crippen LogP contribution in [-0.4, -0.2) is 37.9 Å². The molecule has 1 aliphatic rings. The summed E-state index contributed by atoms with van der Waals surface area (Å²) in [4.78, 5) is 11.2. The van der Waals surface area contributed by atoms with Crippen molar-refractivity contribution in [2.24, 2.45) is 0 Å². The van der Waals surface area contributed by atoms with Gasteiger partial charge in [0.1, 0.15) is 17.5 Å². The number of nitrogens with zero attached hydrogens (tertiary/aromatic N) is 4. The average Bonchev–Trinajstić information content (AvgIpc) is 2.95. The number of allylic oxidation sites excluding steroid dienone is 1. The molecule has 8 heteroatoms. The van der Waals surface area contributed by atoms with Gasteiger partial charge in [-0.25, -0.2) is 4.79 Å². The zero-order valence-electron chi connectivity index (χ0n) is 11.2. The Labute approximate surface area is 120 Å². The number of rotatable bonds is 4. The first-order valence-corrected chi connectivity index (χ1v) is 6.42. The molecule has 0 amide bonds. The Hall–Kier alpha value is -2.90. The topological polar surface area (TPSA) is 102 Å². The molecule has 1 aromatic carbocycles. The highest BCUT2D eigenvalue weighted by atomic mass is 16.5. The molecule has 0 saturated heterocycles. The third-order valence-corrected chi connectivity index (χ3v) is 3.10. The molecule has 0 radical (unpaired) electrons. The van der Waals surface area contributed by atoms with E-state index in [9.17, 15) is 9.90 Å². The van der Waals surface area contributed by atoms with Crippen LogP contribution in [0.25, 0.3) is 0 Å². The van der Waals surface area contributed by atoms with Crippen LogP contribution in [0, 0.1) is 0 Å². The number of aliphatic carboxylic acids is 1. The van der Waals surface area contributed by atoms with Gasteiger partial charge in [0.15, 0.2) is 0 Å². The second kappa shape index (κ2) is 5.23. The Morgan fingerprint density at radius 3 is 3.05 bits per heavy atom. The van der Waals surface area contributed by atoms with Crippen LogP contribution in [0.5, 0.6) is 5.75 Å². The van der Waals surface area contributed by atoms with Gasteiger partial charge in [-0.15, -0.1) is 0 Å². The molecular weight excluding hydrogens is 274 g/mol. The van der Waals surface area contributed by atoms with Crippen LogP contribution in [0.15, 0.2) is 36.0 Å². The normalized spacial score (nSPS) is 16.6. The largest absolute Gasteiger partial charge is 0.494 e. The van der Waals surface area contributed by atoms with Gasteiger partial charge < -0.3 is 15.2 Å². The Morgan fingerprint density at radius 2 is 2.29 bits per heavy atom. The summed E-state index contributed by atoms with van der Waals surface area (Å²) in [6.07, 6.45) is 1.56. The van der Waals surface area contributed by atoms with Crippen molar-refractivity contribution < 1.29 is 14.6 Å². The van der Waals surface area contributed by atoms with Crippen LogP contribution in [0.4, 0.5) is 5.95 Å². The molecule has 8 nitrogen and oxygen atoms in total. The number of para-hydroxylation sites is 1. The fraction of sp³-hybridized carbons (Fsp3) is 0.231. The summed E-state index contributed by atoms with van der Waals surface area (Å²) in [7, 11) is 0. The van der Waals surface area contributed by atoms with E-state index >= 15 is 0 Å². The van der Waals surface area contributed by atoms with Crippen LogP contribution >= 0.6 is 0 Å². The summed E-state index contributed by atoms with van der Waals surface area (Å²) in [5.74, 6) is -0.108. The van der Waals surface area contributed by atoms with Crippen molar-refractivity contribution in [2.45, 2.75) is 13.0 Å². The number of fused-ring (bicyclic) bond motifs is 1. The van der Waals surface area contributed by atoms with Crippen LogP contribution in [0.1, 0.15) is 18.5 Å². The predicted octanol–water partition coefficient (Wildman–Crippen LogP) is 1.06. The lowest BCUT2D eigenvalue weighted by atomic mass is 10.0. The van der Waals surface area contributed by atoms with Crippen molar-refractivity contribution in [1.29, 1.82) is 0 Å².